The molecule has 5 heteroatoms. The second kappa shape index (κ2) is 5.98. The lowest BCUT2D eigenvalue weighted by molar-refractivity contribution is 0.0943. The van der Waals surface area contributed by atoms with Crippen LogP contribution in [0, 0.1) is 0 Å². The van der Waals surface area contributed by atoms with Crippen molar-refractivity contribution < 1.29 is 4.79 Å². The van der Waals surface area contributed by atoms with Crippen LogP contribution in [0.3, 0.4) is 0 Å². The van der Waals surface area contributed by atoms with Crippen LogP contribution in [0.2, 0.25) is 0 Å². The summed E-state index contributed by atoms with van der Waals surface area (Å²) in [4.78, 5) is 11.5. The molecule has 0 saturated carbocycles. The molecule has 0 aromatic heterocycles. The van der Waals surface area contributed by atoms with Crippen LogP contribution in [0.4, 0.5) is 0 Å². The summed E-state index contributed by atoms with van der Waals surface area (Å²) in [5, 5.41) is 3.26. The fourth-order valence-electron chi connectivity index (χ4n) is 0.980. The van der Waals surface area contributed by atoms with E-state index in [0.717, 1.165) is 0 Å². The highest BCUT2D eigenvalue weighted by molar-refractivity contribution is 7.80. The van der Waals surface area contributed by atoms with Crippen LogP contribution in [-0.4, -0.2) is 17.6 Å². The number of hydrogen-bond donors (Lipinski definition) is 3. The number of hydrazine groups is 1. The Kier molecular flexibility index (Phi) is 4.56. The minimum absolute atomic E-state index is 0.212. The number of rotatable bonds is 2. The second-order valence-corrected chi connectivity index (χ2v) is 3.21. The van der Waals surface area contributed by atoms with Gasteiger partial charge in [0.25, 0.3) is 5.91 Å². The number of thiocarbonyl (C=S) groups is 1. The summed E-state index contributed by atoms with van der Waals surface area (Å²) in [7, 11) is 0. The van der Waals surface area contributed by atoms with Gasteiger partial charge in [-0.25, -0.2) is 0 Å². The lowest BCUT2D eigenvalue weighted by Gasteiger charge is -2.09. The van der Waals surface area contributed by atoms with Crippen molar-refractivity contribution in [3.05, 3.63) is 35.9 Å². The first-order valence-electron chi connectivity index (χ1n) is 4.63. The van der Waals surface area contributed by atoms with Gasteiger partial charge in [0.05, 0.1) is 0 Å². The van der Waals surface area contributed by atoms with Crippen molar-refractivity contribution in [1.82, 2.24) is 16.2 Å². The van der Waals surface area contributed by atoms with Gasteiger partial charge in [0.2, 0.25) is 0 Å². The van der Waals surface area contributed by atoms with Crippen LogP contribution in [0.5, 0.6) is 0 Å². The molecule has 0 aliphatic rings. The minimum atomic E-state index is -0.212. The van der Waals surface area contributed by atoms with Crippen molar-refractivity contribution in [3.63, 3.8) is 0 Å². The first kappa shape index (κ1) is 11.5. The van der Waals surface area contributed by atoms with Crippen LogP contribution in [0.25, 0.3) is 0 Å². The number of carbonyl (C=O) groups is 1. The van der Waals surface area contributed by atoms with Crippen LogP contribution in [0.1, 0.15) is 17.3 Å². The molecule has 0 saturated heterocycles. The molecule has 1 aromatic carbocycles. The minimum Gasteiger partial charge on any atom is -0.362 e. The Bertz CT molecular complexity index is 340. The maximum Gasteiger partial charge on any atom is 0.269 e. The molecule has 0 atom stereocenters. The van der Waals surface area contributed by atoms with E-state index in [2.05, 4.69) is 16.2 Å². The van der Waals surface area contributed by atoms with Crippen LogP contribution in [-0.2, 0) is 0 Å². The molecule has 0 unspecified atom stereocenters. The molecule has 0 radical (unpaired) electrons. The van der Waals surface area contributed by atoms with E-state index in [0.29, 0.717) is 17.2 Å². The van der Waals surface area contributed by atoms with Crippen molar-refractivity contribution >= 4 is 23.2 Å². The van der Waals surface area contributed by atoms with Crippen molar-refractivity contribution in [1.29, 1.82) is 0 Å². The normalized spacial score (nSPS) is 9.13. The number of nitrogens with one attached hydrogen (secondary N) is 3. The predicted octanol–water partition coefficient (Wildman–Crippen LogP) is 0.815. The highest BCUT2D eigenvalue weighted by atomic mass is 32.1. The molecule has 0 bridgehead atoms. The largest absolute Gasteiger partial charge is 0.362 e. The number of carbonyl (C=O) groups excluding carboxylic acids is 1. The summed E-state index contributed by atoms with van der Waals surface area (Å²) in [6.45, 7) is 2.64. The van der Waals surface area contributed by atoms with Crippen LogP contribution >= 0.6 is 12.2 Å². The Morgan fingerprint density at radius 2 is 1.93 bits per heavy atom. The maximum atomic E-state index is 11.5. The quantitative estimate of drug-likeness (QED) is 0.513. The molecular weight excluding hydrogens is 210 g/mol. The van der Waals surface area contributed by atoms with Crippen LogP contribution < -0.4 is 16.2 Å². The molecule has 0 aliphatic heterocycles. The topological polar surface area (TPSA) is 53.2 Å². The van der Waals surface area contributed by atoms with Gasteiger partial charge in [0, 0.05) is 12.1 Å². The van der Waals surface area contributed by atoms with E-state index in [1.807, 2.05) is 13.0 Å². The van der Waals surface area contributed by atoms with Gasteiger partial charge in [-0.15, -0.1) is 0 Å². The standard InChI is InChI=1S/C10H13N3OS/c1-2-11-10(15)13-12-9(14)8-6-4-3-5-7-8/h3-7H,2H2,1H3,(H,12,14)(H2,11,13,15). The third-order valence-electron chi connectivity index (χ3n) is 1.66. The maximum absolute atomic E-state index is 11.5. The molecule has 80 valence electrons. The smallest absolute Gasteiger partial charge is 0.269 e. The first-order valence-corrected chi connectivity index (χ1v) is 5.04. The zero-order valence-electron chi connectivity index (χ0n) is 8.41. The summed E-state index contributed by atoms with van der Waals surface area (Å²) >= 11 is 4.88. The molecule has 1 aromatic rings. The molecular formula is C10H13N3OS. The summed E-state index contributed by atoms with van der Waals surface area (Å²) in [6.07, 6.45) is 0. The molecule has 1 amide bonds. The SMILES string of the molecule is CCNC(=S)NNC(=O)c1ccccc1. The highest BCUT2D eigenvalue weighted by Gasteiger charge is 2.03. The van der Waals surface area contributed by atoms with E-state index in [9.17, 15) is 4.79 Å². The van der Waals surface area contributed by atoms with Crippen molar-refractivity contribution in [2.45, 2.75) is 6.92 Å². The van der Waals surface area contributed by atoms with E-state index < -0.39 is 0 Å². The Hall–Kier alpha value is -1.62. The van der Waals surface area contributed by atoms with Gasteiger partial charge in [-0.3, -0.25) is 15.6 Å². The van der Waals surface area contributed by atoms with Gasteiger partial charge >= 0.3 is 0 Å². The van der Waals surface area contributed by atoms with Gasteiger partial charge in [-0.2, -0.15) is 0 Å². The summed E-state index contributed by atoms with van der Waals surface area (Å²) in [5.41, 5.74) is 5.68. The van der Waals surface area contributed by atoms with E-state index in [-0.39, 0.29) is 5.91 Å². The predicted molar refractivity (Wildman–Crippen MR) is 63.3 cm³/mol. The Morgan fingerprint density at radius 1 is 1.27 bits per heavy atom. The Balaban J connectivity index is 2.40. The lowest BCUT2D eigenvalue weighted by Crippen LogP contribution is -2.46. The van der Waals surface area contributed by atoms with Gasteiger partial charge in [0.15, 0.2) is 5.11 Å². The molecule has 15 heavy (non-hydrogen) atoms. The van der Waals surface area contributed by atoms with E-state index in [4.69, 9.17) is 12.2 Å². The van der Waals surface area contributed by atoms with Crippen molar-refractivity contribution in [2.75, 3.05) is 6.54 Å². The van der Waals surface area contributed by atoms with Crippen LogP contribution in [0.15, 0.2) is 30.3 Å². The average Bonchev–Trinajstić information content (AvgIpc) is 2.27. The van der Waals surface area contributed by atoms with E-state index >= 15 is 0 Å². The number of hydrogen-bond acceptors (Lipinski definition) is 2. The van der Waals surface area contributed by atoms with Gasteiger partial charge in [0.1, 0.15) is 0 Å². The number of amides is 1. The lowest BCUT2D eigenvalue weighted by atomic mass is 10.2. The Morgan fingerprint density at radius 3 is 2.53 bits per heavy atom. The fourth-order valence-corrected chi connectivity index (χ4v) is 1.18. The van der Waals surface area contributed by atoms with Gasteiger partial charge in [-0.1, -0.05) is 18.2 Å². The summed E-state index contributed by atoms with van der Waals surface area (Å²) in [5.74, 6) is -0.212. The average molecular weight is 223 g/mol. The zero-order chi connectivity index (χ0) is 11.1. The molecule has 1 rings (SSSR count). The Labute approximate surface area is 94.0 Å². The zero-order valence-corrected chi connectivity index (χ0v) is 9.23. The summed E-state index contributed by atoms with van der Waals surface area (Å²) < 4.78 is 0. The fraction of sp³-hybridized carbons (Fsp3) is 0.200. The molecule has 4 nitrogen and oxygen atoms in total. The van der Waals surface area contributed by atoms with E-state index in [1.165, 1.54) is 0 Å². The van der Waals surface area contributed by atoms with Gasteiger partial charge in [-0.05, 0) is 31.3 Å². The third-order valence-corrected chi connectivity index (χ3v) is 1.91. The number of benzene rings is 1. The van der Waals surface area contributed by atoms with Crippen molar-refractivity contribution in [3.8, 4) is 0 Å². The summed E-state index contributed by atoms with van der Waals surface area (Å²) in [6, 6.07) is 8.92. The monoisotopic (exact) mass is 223 g/mol. The second-order valence-electron chi connectivity index (χ2n) is 2.80. The van der Waals surface area contributed by atoms with Crippen molar-refractivity contribution in [2.24, 2.45) is 0 Å². The highest BCUT2D eigenvalue weighted by Crippen LogP contribution is 1.96. The molecule has 0 heterocycles. The molecule has 3 N–H and O–H groups in total. The first-order chi connectivity index (χ1) is 7.24. The molecule has 0 spiro atoms. The van der Waals surface area contributed by atoms with Gasteiger partial charge < -0.3 is 5.32 Å². The van der Waals surface area contributed by atoms with E-state index in [1.54, 1.807) is 24.3 Å². The molecule has 0 aliphatic carbocycles. The molecule has 0 fully saturated rings. The third kappa shape index (κ3) is 3.95.